The predicted molar refractivity (Wildman–Crippen MR) is 81.9 cm³/mol. The summed E-state index contributed by atoms with van der Waals surface area (Å²) in [7, 11) is 0. The van der Waals surface area contributed by atoms with Gasteiger partial charge in [0.15, 0.2) is 0 Å². The fourth-order valence-electron chi connectivity index (χ4n) is 2.11. The molecule has 0 aliphatic heterocycles. The van der Waals surface area contributed by atoms with Gasteiger partial charge in [0, 0.05) is 0 Å². The standard InChI is InChI=1S/C17H29NO/c1-6-7-10-18-11-12-19-16-13-14(2)8-9-15(16)17(3,4)5/h8-9,13,18H,6-7,10-12H2,1-5H3/p+1. The predicted octanol–water partition coefficient (Wildman–Crippen LogP) is 3.03. The molecular formula is C17H30NO+. The van der Waals surface area contributed by atoms with Crippen LogP contribution in [0.15, 0.2) is 18.2 Å². The maximum absolute atomic E-state index is 5.99. The lowest BCUT2D eigenvalue weighted by atomic mass is 9.86. The maximum Gasteiger partial charge on any atom is 0.137 e. The van der Waals surface area contributed by atoms with Crippen LogP contribution in [0.4, 0.5) is 0 Å². The number of aryl methyl sites for hydroxylation is 1. The zero-order valence-electron chi connectivity index (χ0n) is 13.3. The van der Waals surface area contributed by atoms with Crippen LogP contribution < -0.4 is 10.1 Å². The lowest BCUT2D eigenvalue weighted by Crippen LogP contribution is -2.85. The Morgan fingerprint density at radius 3 is 2.53 bits per heavy atom. The summed E-state index contributed by atoms with van der Waals surface area (Å²) in [5.41, 5.74) is 2.69. The minimum atomic E-state index is 0.134. The van der Waals surface area contributed by atoms with Gasteiger partial charge in [-0.2, -0.15) is 0 Å². The molecule has 1 aromatic rings. The molecule has 2 heteroatoms. The molecule has 0 saturated heterocycles. The number of hydrogen-bond donors (Lipinski definition) is 1. The van der Waals surface area contributed by atoms with Crippen molar-refractivity contribution in [3.05, 3.63) is 29.3 Å². The highest BCUT2D eigenvalue weighted by molar-refractivity contribution is 5.41. The largest absolute Gasteiger partial charge is 0.487 e. The second-order valence-electron chi connectivity index (χ2n) is 6.32. The topological polar surface area (TPSA) is 25.8 Å². The molecule has 0 radical (unpaired) electrons. The molecule has 0 atom stereocenters. The molecule has 0 aliphatic carbocycles. The van der Waals surface area contributed by atoms with Crippen molar-refractivity contribution in [1.29, 1.82) is 0 Å². The summed E-state index contributed by atoms with van der Waals surface area (Å²) in [4.78, 5) is 0. The van der Waals surface area contributed by atoms with Crippen molar-refractivity contribution in [2.45, 2.75) is 52.9 Å². The van der Waals surface area contributed by atoms with Gasteiger partial charge in [0.2, 0.25) is 0 Å². The van der Waals surface area contributed by atoms with Crippen molar-refractivity contribution >= 4 is 0 Å². The molecule has 108 valence electrons. The van der Waals surface area contributed by atoms with Gasteiger partial charge in [0.1, 0.15) is 18.9 Å². The molecule has 0 aromatic heterocycles. The zero-order valence-corrected chi connectivity index (χ0v) is 13.3. The van der Waals surface area contributed by atoms with Crippen LogP contribution in [-0.4, -0.2) is 19.7 Å². The number of hydrogen-bond acceptors (Lipinski definition) is 1. The van der Waals surface area contributed by atoms with Crippen LogP contribution in [0.3, 0.4) is 0 Å². The van der Waals surface area contributed by atoms with E-state index >= 15 is 0 Å². The van der Waals surface area contributed by atoms with Gasteiger partial charge in [0.25, 0.3) is 0 Å². The summed E-state index contributed by atoms with van der Waals surface area (Å²) in [5.74, 6) is 1.05. The van der Waals surface area contributed by atoms with Crippen LogP contribution in [0.2, 0.25) is 0 Å². The first-order chi connectivity index (χ1) is 8.95. The van der Waals surface area contributed by atoms with E-state index in [1.807, 2.05) is 0 Å². The average Bonchev–Trinajstić information content (AvgIpc) is 2.32. The Bertz CT molecular complexity index is 379. The molecule has 2 N–H and O–H groups in total. The van der Waals surface area contributed by atoms with Crippen LogP contribution >= 0.6 is 0 Å². The van der Waals surface area contributed by atoms with E-state index in [4.69, 9.17) is 4.74 Å². The second kappa shape index (κ2) is 7.54. The summed E-state index contributed by atoms with van der Waals surface area (Å²) in [6.45, 7) is 14.1. The molecule has 0 heterocycles. The molecule has 0 fully saturated rings. The Labute approximate surface area is 118 Å². The summed E-state index contributed by atoms with van der Waals surface area (Å²) in [6.07, 6.45) is 2.56. The fourth-order valence-corrected chi connectivity index (χ4v) is 2.11. The highest BCUT2D eigenvalue weighted by Crippen LogP contribution is 2.31. The number of quaternary nitrogens is 1. The second-order valence-corrected chi connectivity index (χ2v) is 6.32. The molecule has 0 spiro atoms. The van der Waals surface area contributed by atoms with E-state index in [2.05, 4.69) is 58.1 Å². The number of rotatable bonds is 7. The van der Waals surface area contributed by atoms with E-state index < -0.39 is 0 Å². The first kappa shape index (κ1) is 16.0. The van der Waals surface area contributed by atoms with Gasteiger partial charge in [-0.1, -0.05) is 46.2 Å². The quantitative estimate of drug-likeness (QED) is 0.753. The molecule has 0 amide bonds. The molecule has 19 heavy (non-hydrogen) atoms. The van der Waals surface area contributed by atoms with E-state index in [-0.39, 0.29) is 5.41 Å². The first-order valence-electron chi connectivity index (χ1n) is 7.50. The number of nitrogens with two attached hydrogens (primary N) is 1. The third-order valence-corrected chi connectivity index (χ3v) is 3.29. The van der Waals surface area contributed by atoms with Gasteiger partial charge in [-0.25, -0.2) is 0 Å². The first-order valence-corrected chi connectivity index (χ1v) is 7.50. The molecule has 0 aliphatic rings. The number of unbranched alkanes of at least 4 members (excludes halogenated alkanes) is 1. The van der Waals surface area contributed by atoms with Crippen LogP contribution in [0.25, 0.3) is 0 Å². The zero-order chi connectivity index (χ0) is 14.3. The normalized spacial score (nSPS) is 11.6. The van der Waals surface area contributed by atoms with E-state index in [1.165, 1.54) is 30.5 Å². The molecule has 0 bridgehead atoms. The summed E-state index contributed by atoms with van der Waals surface area (Å²) in [6, 6.07) is 6.53. The van der Waals surface area contributed by atoms with Gasteiger partial charge in [0.05, 0.1) is 6.54 Å². The summed E-state index contributed by atoms with van der Waals surface area (Å²) >= 11 is 0. The molecule has 1 aromatic carbocycles. The highest BCUT2D eigenvalue weighted by atomic mass is 16.5. The number of benzene rings is 1. The van der Waals surface area contributed by atoms with E-state index in [1.54, 1.807) is 0 Å². The van der Waals surface area contributed by atoms with Gasteiger partial charge in [-0.05, 0) is 36.0 Å². The SMILES string of the molecule is CCCC[NH2+]CCOc1cc(C)ccc1C(C)(C)C. The van der Waals surface area contributed by atoms with Gasteiger partial charge >= 0.3 is 0 Å². The van der Waals surface area contributed by atoms with E-state index in [0.717, 1.165) is 18.9 Å². The lowest BCUT2D eigenvalue weighted by molar-refractivity contribution is -0.655. The minimum absolute atomic E-state index is 0.134. The van der Waals surface area contributed by atoms with Crippen molar-refractivity contribution in [2.24, 2.45) is 0 Å². The van der Waals surface area contributed by atoms with Crippen molar-refractivity contribution in [1.82, 2.24) is 0 Å². The Kier molecular flexibility index (Phi) is 6.36. The smallest absolute Gasteiger partial charge is 0.137 e. The molecule has 2 nitrogen and oxygen atoms in total. The lowest BCUT2D eigenvalue weighted by Gasteiger charge is -2.23. The Morgan fingerprint density at radius 2 is 1.89 bits per heavy atom. The van der Waals surface area contributed by atoms with E-state index in [0.29, 0.717) is 0 Å². The number of ether oxygens (including phenoxy) is 1. The van der Waals surface area contributed by atoms with Crippen LogP contribution in [0, 0.1) is 6.92 Å². The molecular weight excluding hydrogens is 234 g/mol. The summed E-state index contributed by atoms with van der Waals surface area (Å²) in [5, 5.41) is 2.34. The molecule has 1 rings (SSSR count). The Morgan fingerprint density at radius 1 is 1.16 bits per heavy atom. The average molecular weight is 264 g/mol. The highest BCUT2D eigenvalue weighted by Gasteiger charge is 2.18. The van der Waals surface area contributed by atoms with Crippen LogP contribution in [0.1, 0.15) is 51.7 Å². The van der Waals surface area contributed by atoms with Crippen molar-refractivity contribution in [2.75, 3.05) is 19.7 Å². The third-order valence-electron chi connectivity index (χ3n) is 3.29. The van der Waals surface area contributed by atoms with Gasteiger partial charge < -0.3 is 10.1 Å². The maximum atomic E-state index is 5.99. The summed E-state index contributed by atoms with van der Waals surface area (Å²) < 4.78 is 5.99. The van der Waals surface area contributed by atoms with Crippen LogP contribution in [0.5, 0.6) is 5.75 Å². The Balaban J connectivity index is 2.54. The van der Waals surface area contributed by atoms with E-state index in [9.17, 15) is 0 Å². The Hall–Kier alpha value is -1.02. The third kappa shape index (κ3) is 5.65. The van der Waals surface area contributed by atoms with Gasteiger partial charge in [-0.15, -0.1) is 0 Å². The van der Waals surface area contributed by atoms with Gasteiger partial charge in [-0.3, -0.25) is 0 Å². The monoisotopic (exact) mass is 264 g/mol. The van der Waals surface area contributed by atoms with Crippen molar-refractivity contribution in [3.63, 3.8) is 0 Å². The minimum Gasteiger partial charge on any atom is -0.487 e. The van der Waals surface area contributed by atoms with Crippen molar-refractivity contribution < 1.29 is 10.1 Å². The van der Waals surface area contributed by atoms with Crippen LogP contribution in [-0.2, 0) is 5.41 Å². The van der Waals surface area contributed by atoms with Crippen molar-refractivity contribution in [3.8, 4) is 5.75 Å². The fraction of sp³-hybridized carbons (Fsp3) is 0.647. The molecule has 0 unspecified atom stereocenters. The molecule has 0 saturated carbocycles.